The lowest BCUT2D eigenvalue weighted by Gasteiger charge is -2.25. The summed E-state index contributed by atoms with van der Waals surface area (Å²) in [6, 6.07) is 15.0. The van der Waals surface area contributed by atoms with Gasteiger partial charge in [0, 0.05) is 16.0 Å². The second-order valence-electron chi connectivity index (χ2n) is 7.38. The lowest BCUT2D eigenvalue weighted by molar-refractivity contribution is -0.123. The number of hydrogen-bond donors (Lipinski definition) is 2. The Morgan fingerprint density at radius 3 is 2.46 bits per heavy atom. The Morgan fingerprint density at radius 2 is 1.77 bits per heavy atom. The van der Waals surface area contributed by atoms with Crippen LogP contribution in [0, 0.1) is 11.3 Å². The van der Waals surface area contributed by atoms with Crippen LogP contribution >= 0.6 is 23.2 Å². The molecular formula is C21H22Cl2N2O. The van der Waals surface area contributed by atoms with E-state index in [4.69, 9.17) is 23.2 Å². The van der Waals surface area contributed by atoms with Crippen molar-refractivity contribution in [3.8, 4) is 0 Å². The summed E-state index contributed by atoms with van der Waals surface area (Å²) in [7, 11) is 0. The van der Waals surface area contributed by atoms with Crippen LogP contribution in [-0.4, -0.2) is 19.0 Å². The molecule has 1 amide bonds. The third kappa shape index (κ3) is 3.48. The molecule has 0 aromatic heterocycles. The first-order valence-electron chi connectivity index (χ1n) is 9.10. The molecule has 136 valence electrons. The number of benzene rings is 2. The van der Waals surface area contributed by atoms with Crippen molar-refractivity contribution in [1.29, 1.82) is 0 Å². The van der Waals surface area contributed by atoms with Gasteiger partial charge in [0.15, 0.2) is 0 Å². The summed E-state index contributed by atoms with van der Waals surface area (Å²) in [6.07, 6.45) is 3.17. The van der Waals surface area contributed by atoms with Crippen LogP contribution in [0.1, 0.15) is 36.4 Å². The molecule has 4 rings (SSSR count). The fourth-order valence-electron chi connectivity index (χ4n) is 4.14. The summed E-state index contributed by atoms with van der Waals surface area (Å²) < 4.78 is 0. The molecule has 26 heavy (non-hydrogen) atoms. The summed E-state index contributed by atoms with van der Waals surface area (Å²) in [5, 5.41) is 7.97. The third-order valence-electron chi connectivity index (χ3n) is 5.81. The zero-order chi connectivity index (χ0) is 18.1. The summed E-state index contributed by atoms with van der Waals surface area (Å²) in [5.41, 5.74) is 2.10. The maximum Gasteiger partial charge on any atom is 0.224 e. The van der Waals surface area contributed by atoms with E-state index >= 15 is 0 Å². The molecule has 1 saturated carbocycles. The molecule has 5 heteroatoms. The predicted octanol–water partition coefficient (Wildman–Crippen LogP) is 4.59. The van der Waals surface area contributed by atoms with Crippen LogP contribution in [0.4, 0.5) is 0 Å². The van der Waals surface area contributed by atoms with Crippen LogP contribution in [0.3, 0.4) is 0 Å². The molecule has 1 aliphatic carbocycles. The highest BCUT2D eigenvalue weighted by atomic mass is 35.5. The molecule has 2 unspecified atom stereocenters. The third-order valence-corrected chi connectivity index (χ3v) is 6.41. The Balaban J connectivity index is 1.58. The van der Waals surface area contributed by atoms with Gasteiger partial charge in [-0.1, -0.05) is 53.5 Å². The van der Waals surface area contributed by atoms with Crippen LogP contribution in [0.25, 0.3) is 0 Å². The molecular weight excluding hydrogens is 367 g/mol. The number of hydrogen-bond acceptors (Lipinski definition) is 2. The Bertz CT molecular complexity index is 800. The van der Waals surface area contributed by atoms with E-state index in [-0.39, 0.29) is 23.3 Å². The van der Waals surface area contributed by atoms with Crippen LogP contribution < -0.4 is 10.6 Å². The van der Waals surface area contributed by atoms with E-state index in [1.807, 2.05) is 48.5 Å². The molecule has 2 N–H and O–H groups in total. The van der Waals surface area contributed by atoms with Crippen molar-refractivity contribution in [2.75, 3.05) is 13.1 Å². The Morgan fingerprint density at radius 1 is 1.08 bits per heavy atom. The standard InChI is InChI=1S/C21H22Cl2N2O/c22-15-7-5-14(6-8-15)19(16-3-1-2-4-18(16)23)25-20(26)17-13-21(17)9-11-24-12-10-21/h1-8,17,19,24H,9-13H2,(H,25,26). The highest BCUT2D eigenvalue weighted by Crippen LogP contribution is 2.58. The van der Waals surface area contributed by atoms with Gasteiger partial charge in [-0.05, 0) is 67.1 Å². The Kier molecular flexibility index (Phi) is 4.96. The second kappa shape index (κ2) is 7.22. The fraction of sp³-hybridized carbons (Fsp3) is 0.381. The first-order valence-corrected chi connectivity index (χ1v) is 9.86. The first kappa shape index (κ1) is 17.8. The van der Waals surface area contributed by atoms with Crippen LogP contribution in [-0.2, 0) is 4.79 Å². The minimum absolute atomic E-state index is 0.113. The maximum atomic E-state index is 13.0. The average molecular weight is 389 g/mol. The predicted molar refractivity (Wildman–Crippen MR) is 106 cm³/mol. The van der Waals surface area contributed by atoms with Crippen LogP contribution in [0.2, 0.25) is 10.0 Å². The fourth-order valence-corrected chi connectivity index (χ4v) is 4.51. The zero-order valence-electron chi connectivity index (χ0n) is 14.5. The van der Waals surface area contributed by atoms with Crippen molar-refractivity contribution in [3.05, 3.63) is 69.7 Å². The topological polar surface area (TPSA) is 41.1 Å². The van der Waals surface area contributed by atoms with E-state index in [1.165, 1.54) is 0 Å². The molecule has 2 aliphatic rings. The van der Waals surface area contributed by atoms with E-state index < -0.39 is 0 Å². The number of nitrogens with one attached hydrogen (secondary N) is 2. The van der Waals surface area contributed by atoms with Gasteiger partial charge in [0.1, 0.15) is 0 Å². The second-order valence-corrected chi connectivity index (χ2v) is 8.23. The number of halogens is 2. The summed E-state index contributed by atoms with van der Waals surface area (Å²) in [6.45, 7) is 2.02. The number of rotatable bonds is 4. The van der Waals surface area contributed by atoms with E-state index in [1.54, 1.807) is 0 Å². The SMILES string of the molecule is O=C(NC(c1ccc(Cl)cc1)c1ccccc1Cl)C1CC12CCNCC2. The zero-order valence-corrected chi connectivity index (χ0v) is 16.0. The normalized spacial score (nSPS) is 22.0. The minimum Gasteiger partial charge on any atom is -0.345 e. The van der Waals surface area contributed by atoms with Gasteiger partial charge >= 0.3 is 0 Å². The van der Waals surface area contributed by atoms with Crippen LogP contribution in [0.5, 0.6) is 0 Å². The van der Waals surface area contributed by atoms with Crippen molar-refractivity contribution in [3.63, 3.8) is 0 Å². The van der Waals surface area contributed by atoms with Crippen molar-refractivity contribution in [2.24, 2.45) is 11.3 Å². The maximum absolute atomic E-state index is 13.0. The van der Waals surface area contributed by atoms with Gasteiger partial charge in [0.25, 0.3) is 0 Å². The highest BCUT2D eigenvalue weighted by Gasteiger charge is 2.57. The number of piperidine rings is 1. The Labute approximate surface area is 164 Å². The van der Waals surface area contributed by atoms with E-state index in [0.717, 1.165) is 43.5 Å². The molecule has 0 radical (unpaired) electrons. The van der Waals surface area contributed by atoms with Crippen molar-refractivity contribution in [1.82, 2.24) is 10.6 Å². The van der Waals surface area contributed by atoms with Gasteiger partial charge in [-0.2, -0.15) is 0 Å². The quantitative estimate of drug-likeness (QED) is 0.803. The van der Waals surface area contributed by atoms with Gasteiger partial charge in [-0.3, -0.25) is 4.79 Å². The molecule has 1 spiro atoms. The number of amides is 1. The van der Waals surface area contributed by atoms with Gasteiger partial charge in [0.05, 0.1) is 6.04 Å². The van der Waals surface area contributed by atoms with Crippen molar-refractivity contribution < 1.29 is 4.79 Å². The largest absolute Gasteiger partial charge is 0.345 e. The summed E-state index contributed by atoms with van der Waals surface area (Å²) in [4.78, 5) is 13.0. The molecule has 1 aliphatic heterocycles. The van der Waals surface area contributed by atoms with Gasteiger partial charge in [-0.15, -0.1) is 0 Å². The number of carbonyl (C=O) groups excluding carboxylic acids is 1. The minimum atomic E-state index is -0.271. The first-order chi connectivity index (χ1) is 12.6. The monoisotopic (exact) mass is 388 g/mol. The van der Waals surface area contributed by atoms with E-state index in [2.05, 4.69) is 10.6 Å². The average Bonchev–Trinajstić information content (AvgIpc) is 3.35. The molecule has 2 aromatic carbocycles. The smallest absolute Gasteiger partial charge is 0.224 e. The molecule has 3 nitrogen and oxygen atoms in total. The van der Waals surface area contributed by atoms with Crippen LogP contribution in [0.15, 0.2) is 48.5 Å². The van der Waals surface area contributed by atoms with Gasteiger partial charge in [-0.25, -0.2) is 0 Å². The number of carbonyl (C=O) groups is 1. The molecule has 2 fully saturated rings. The van der Waals surface area contributed by atoms with E-state index in [0.29, 0.717) is 10.0 Å². The van der Waals surface area contributed by atoms with E-state index in [9.17, 15) is 4.79 Å². The lowest BCUT2D eigenvalue weighted by atomic mass is 9.91. The van der Waals surface area contributed by atoms with Gasteiger partial charge in [0.2, 0.25) is 5.91 Å². The Hall–Kier alpha value is -1.55. The molecule has 1 saturated heterocycles. The molecule has 0 bridgehead atoms. The van der Waals surface area contributed by atoms with Crippen molar-refractivity contribution in [2.45, 2.75) is 25.3 Å². The molecule has 2 atom stereocenters. The summed E-state index contributed by atoms with van der Waals surface area (Å²) in [5.74, 6) is 0.244. The van der Waals surface area contributed by atoms with Gasteiger partial charge < -0.3 is 10.6 Å². The molecule has 1 heterocycles. The summed E-state index contributed by atoms with van der Waals surface area (Å²) >= 11 is 12.5. The molecule has 2 aromatic rings. The van der Waals surface area contributed by atoms with Crippen molar-refractivity contribution >= 4 is 29.1 Å². The highest BCUT2D eigenvalue weighted by molar-refractivity contribution is 6.31. The lowest BCUT2D eigenvalue weighted by Crippen LogP contribution is -2.35.